The highest BCUT2D eigenvalue weighted by Gasteiger charge is 2.34. The molecule has 3 N–H and O–H groups in total. The number of aromatic nitrogens is 2. The molecule has 0 saturated carbocycles. The van der Waals surface area contributed by atoms with E-state index in [0.717, 1.165) is 22.3 Å². The van der Waals surface area contributed by atoms with Gasteiger partial charge < -0.3 is 25.1 Å². The number of esters is 1. The normalized spacial score (nSPS) is 14.9. The van der Waals surface area contributed by atoms with Crippen LogP contribution in [-0.2, 0) is 22.6 Å². The number of carbonyl (C=O) groups excluding carboxylic acids is 2. The first kappa shape index (κ1) is 24.6. The molecule has 9 nitrogen and oxygen atoms in total. The molecule has 1 unspecified atom stereocenters. The summed E-state index contributed by atoms with van der Waals surface area (Å²) in [5, 5.41) is 14.9. The third-order valence-electron chi connectivity index (χ3n) is 6.40. The number of fused-ring (bicyclic) bond motifs is 1. The van der Waals surface area contributed by atoms with Crippen LogP contribution in [0.25, 0.3) is 11.0 Å². The predicted molar refractivity (Wildman–Crippen MR) is 140 cm³/mol. The smallest absolute Gasteiger partial charge is 0.338 e. The number of allylic oxidation sites excluding steroid dienone is 1. The Hall–Kier alpha value is -5.10. The number of urea groups is 1. The van der Waals surface area contributed by atoms with Crippen molar-refractivity contribution in [3.63, 3.8) is 0 Å². The largest absolute Gasteiger partial charge is 0.497 e. The van der Waals surface area contributed by atoms with Crippen LogP contribution in [-0.4, -0.2) is 29.1 Å². The lowest BCUT2D eigenvalue weighted by Gasteiger charge is -2.29. The van der Waals surface area contributed by atoms with Crippen molar-refractivity contribution in [2.24, 2.45) is 0 Å². The average Bonchev–Trinajstić information content (AvgIpc) is 3.43. The Bertz CT molecular complexity index is 1570. The van der Waals surface area contributed by atoms with E-state index in [1.54, 1.807) is 37.7 Å². The van der Waals surface area contributed by atoms with Crippen molar-refractivity contribution in [2.75, 3.05) is 7.11 Å². The fraction of sp³-hybridized carbons (Fsp3) is 0.172. The first-order chi connectivity index (χ1) is 18.5. The number of aryl methyl sites for hydroxylation is 1. The second kappa shape index (κ2) is 10.9. The molecule has 0 spiro atoms. The summed E-state index contributed by atoms with van der Waals surface area (Å²) in [6.45, 7) is -0.0112. The van der Waals surface area contributed by atoms with Crippen molar-refractivity contribution in [3.8, 4) is 11.8 Å². The van der Waals surface area contributed by atoms with Gasteiger partial charge in [0.1, 0.15) is 12.4 Å². The Balaban J connectivity index is 1.47. The number of aromatic amines is 1. The molecule has 0 aliphatic carbocycles. The number of H-pyrrole nitrogens is 1. The van der Waals surface area contributed by atoms with E-state index in [2.05, 4.69) is 26.7 Å². The third kappa shape index (κ3) is 5.34. The van der Waals surface area contributed by atoms with E-state index in [-0.39, 0.29) is 6.61 Å². The highest BCUT2D eigenvalue weighted by molar-refractivity contribution is 5.95. The fourth-order valence-electron chi connectivity index (χ4n) is 4.45. The predicted octanol–water partition coefficient (Wildman–Crippen LogP) is 4.43. The van der Waals surface area contributed by atoms with Crippen LogP contribution < -0.4 is 15.4 Å². The summed E-state index contributed by atoms with van der Waals surface area (Å²) in [6.07, 6.45) is 2.59. The van der Waals surface area contributed by atoms with Crippen molar-refractivity contribution >= 4 is 23.0 Å². The average molecular weight is 508 g/mol. The van der Waals surface area contributed by atoms with Crippen molar-refractivity contribution in [1.82, 2.24) is 20.6 Å². The molecule has 0 radical (unpaired) electrons. The zero-order chi connectivity index (χ0) is 26.5. The van der Waals surface area contributed by atoms with Crippen LogP contribution in [0.15, 0.2) is 84.3 Å². The molecule has 5 rings (SSSR count). The van der Waals surface area contributed by atoms with E-state index in [9.17, 15) is 14.9 Å². The first-order valence-electron chi connectivity index (χ1n) is 12.1. The molecular formula is C29H25N5O4. The van der Waals surface area contributed by atoms with Crippen molar-refractivity contribution in [1.29, 1.82) is 5.26 Å². The fourth-order valence-corrected chi connectivity index (χ4v) is 4.45. The van der Waals surface area contributed by atoms with Crippen molar-refractivity contribution in [3.05, 3.63) is 107 Å². The summed E-state index contributed by atoms with van der Waals surface area (Å²) in [6, 6.07) is 21.0. The number of ether oxygens (including phenoxy) is 2. The topological polar surface area (TPSA) is 129 Å². The minimum Gasteiger partial charge on any atom is -0.497 e. The van der Waals surface area contributed by atoms with E-state index in [1.165, 1.54) is 0 Å². The van der Waals surface area contributed by atoms with Gasteiger partial charge in [-0.2, -0.15) is 5.26 Å². The maximum atomic E-state index is 13.6. The molecule has 0 bridgehead atoms. The number of hydrogen-bond donors (Lipinski definition) is 3. The highest BCUT2D eigenvalue weighted by atomic mass is 16.5. The Labute approximate surface area is 219 Å². The number of hydrogen-bond acceptors (Lipinski definition) is 6. The van der Waals surface area contributed by atoms with Gasteiger partial charge in [0.15, 0.2) is 0 Å². The highest BCUT2D eigenvalue weighted by Crippen LogP contribution is 2.31. The van der Waals surface area contributed by atoms with Gasteiger partial charge in [-0.15, -0.1) is 0 Å². The lowest BCUT2D eigenvalue weighted by atomic mass is 9.92. The molecule has 0 saturated heterocycles. The van der Waals surface area contributed by atoms with Gasteiger partial charge in [-0.1, -0.05) is 30.3 Å². The first-order valence-corrected chi connectivity index (χ1v) is 12.1. The van der Waals surface area contributed by atoms with Gasteiger partial charge in [-0.05, 0) is 65.9 Å². The molecule has 9 heteroatoms. The Morgan fingerprint density at radius 1 is 1.05 bits per heavy atom. The van der Waals surface area contributed by atoms with Gasteiger partial charge in [0.25, 0.3) is 0 Å². The lowest BCUT2D eigenvalue weighted by Crippen LogP contribution is -2.46. The summed E-state index contributed by atoms with van der Waals surface area (Å²) in [5.41, 5.74) is 5.29. The standard InChI is InChI=1S/C29H25N5O4/c1-37-22-9-5-18(6-10-22)7-11-24-26(28(35)38-16-20-4-2-3-19(13-20)15-30)27(34-29(36)33-24)21-8-12-23-25(14-21)32-17-31-23/h2-6,8-10,12-14,17,27H,7,11,16H2,1H3,(H,31,32)(H2,33,34,36). The quantitative estimate of drug-likeness (QED) is 0.303. The minimum absolute atomic E-state index is 0.0112. The molecule has 190 valence electrons. The van der Waals surface area contributed by atoms with E-state index in [1.807, 2.05) is 42.5 Å². The number of nitriles is 1. The van der Waals surface area contributed by atoms with Gasteiger partial charge >= 0.3 is 12.0 Å². The number of amides is 2. The number of carbonyl (C=O) groups is 2. The van der Waals surface area contributed by atoms with Gasteiger partial charge in [0, 0.05) is 5.70 Å². The van der Waals surface area contributed by atoms with E-state index < -0.39 is 18.0 Å². The zero-order valence-corrected chi connectivity index (χ0v) is 20.7. The summed E-state index contributed by atoms with van der Waals surface area (Å²) >= 11 is 0. The monoisotopic (exact) mass is 507 g/mol. The van der Waals surface area contributed by atoms with Crippen molar-refractivity contribution in [2.45, 2.75) is 25.5 Å². The van der Waals surface area contributed by atoms with Crippen LogP contribution in [0.1, 0.15) is 34.7 Å². The molecule has 2 heterocycles. The lowest BCUT2D eigenvalue weighted by molar-refractivity contribution is -0.140. The number of nitrogens with zero attached hydrogens (tertiary/aromatic N) is 2. The minimum atomic E-state index is -0.728. The van der Waals surface area contributed by atoms with Gasteiger partial charge in [0.05, 0.1) is 47.7 Å². The third-order valence-corrected chi connectivity index (χ3v) is 6.40. The number of rotatable bonds is 8. The Morgan fingerprint density at radius 3 is 2.68 bits per heavy atom. The van der Waals surface area contributed by atoms with Crippen molar-refractivity contribution < 1.29 is 19.1 Å². The Morgan fingerprint density at radius 2 is 1.89 bits per heavy atom. The van der Waals surface area contributed by atoms with Crippen LogP contribution >= 0.6 is 0 Å². The van der Waals surface area contributed by atoms with Gasteiger partial charge in [-0.3, -0.25) is 0 Å². The molecule has 4 aromatic rings. The maximum absolute atomic E-state index is 13.6. The number of methoxy groups -OCH3 is 1. The van der Waals surface area contributed by atoms with Crippen LogP contribution in [0.2, 0.25) is 0 Å². The summed E-state index contributed by atoms with van der Waals surface area (Å²) in [5.74, 6) is 0.193. The van der Waals surface area contributed by atoms with Crippen LogP contribution in [0.3, 0.4) is 0 Å². The van der Waals surface area contributed by atoms with E-state index in [0.29, 0.717) is 40.8 Å². The molecule has 38 heavy (non-hydrogen) atoms. The summed E-state index contributed by atoms with van der Waals surface area (Å²) in [4.78, 5) is 33.6. The molecule has 2 amide bonds. The molecule has 3 aromatic carbocycles. The second-order valence-corrected chi connectivity index (χ2v) is 8.84. The molecular weight excluding hydrogens is 482 g/mol. The van der Waals surface area contributed by atoms with Crippen LogP contribution in [0.5, 0.6) is 5.75 Å². The molecule has 1 aliphatic rings. The number of nitrogens with one attached hydrogen (secondary N) is 3. The zero-order valence-electron chi connectivity index (χ0n) is 20.7. The molecule has 1 atom stereocenters. The number of benzene rings is 3. The SMILES string of the molecule is COc1ccc(CCC2=C(C(=O)OCc3cccc(C#N)c3)C(c3ccc4[nH]cnc4c3)NC(=O)N2)cc1. The molecule has 1 aliphatic heterocycles. The number of imidazole rings is 1. The van der Waals surface area contributed by atoms with E-state index in [4.69, 9.17) is 9.47 Å². The van der Waals surface area contributed by atoms with Crippen LogP contribution in [0.4, 0.5) is 4.79 Å². The Kier molecular flexibility index (Phi) is 7.04. The van der Waals surface area contributed by atoms with Gasteiger partial charge in [-0.25, -0.2) is 14.6 Å². The second-order valence-electron chi connectivity index (χ2n) is 8.84. The van der Waals surface area contributed by atoms with Gasteiger partial charge in [0.2, 0.25) is 0 Å². The molecule has 1 aromatic heterocycles. The summed E-state index contributed by atoms with van der Waals surface area (Å²) in [7, 11) is 1.61. The summed E-state index contributed by atoms with van der Waals surface area (Å²) < 4.78 is 10.9. The molecule has 0 fully saturated rings. The van der Waals surface area contributed by atoms with E-state index >= 15 is 0 Å². The maximum Gasteiger partial charge on any atom is 0.338 e. The van der Waals surface area contributed by atoms with Crippen LogP contribution in [0, 0.1) is 11.3 Å².